The highest BCUT2D eigenvalue weighted by molar-refractivity contribution is 5.74. The van der Waals surface area contributed by atoms with Gasteiger partial charge in [0.25, 0.3) is 0 Å². The number of benzene rings is 1. The van der Waals surface area contributed by atoms with Gasteiger partial charge in [-0.25, -0.2) is 4.98 Å². The van der Waals surface area contributed by atoms with E-state index in [1.165, 1.54) is 29.8 Å². The molecule has 4 rings (SSSR count). The molecule has 0 spiro atoms. The summed E-state index contributed by atoms with van der Waals surface area (Å²) in [6.45, 7) is 2.17. The molecule has 0 saturated carbocycles. The first-order valence-corrected chi connectivity index (χ1v) is 6.99. The Morgan fingerprint density at radius 3 is 3.00 bits per heavy atom. The first-order valence-electron chi connectivity index (χ1n) is 6.99. The highest BCUT2D eigenvalue weighted by Crippen LogP contribution is 2.45. The van der Waals surface area contributed by atoms with Crippen molar-refractivity contribution in [1.82, 2.24) is 4.98 Å². The van der Waals surface area contributed by atoms with Crippen LogP contribution >= 0.6 is 0 Å². The number of aromatic nitrogens is 1. The molecule has 0 bridgehead atoms. The topological polar surface area (TPSA) is 28.2 Å². The average molecular weight is 251 g/mol. The van der Waals surface area contributed by atoms with E-state index in [1.54, 1.807) is 0 Å². The van der Waals surface area contributed by atoms with Gasteiger partial charge in [0, 0.05) is 36.2 Å². The predicted octanol–water partition coefficient (Wildman–Crippen LogP) is 3.52. The van der Waals surface area contributed by atoms with Gasteiger partial charge in [0.2, 0.25) is 0 Å². The van der Waals surface area contributed by atoms with E-state index >= 15 is 0 Å². The lowest BCUT2D eigenvalue weighted by molar-refractivity contribution is 0.560. The highest BCUT2D eigenvalue weighted by Gasteiger charge is 2.30. The molecule has 3 nitrogen and oxygen atoms in total. The third kappa shape index (κ3) is 1.69. The molecule has 2 aliphatic rings. The predicted molar refractivity (Wildman–Crippen MR) is 78.1 cm³/mol. The molecular weight excluding hydrogens is 234 g/mol. The lowest BCUT2D eigenvalue weighted by Crippen LogP contribution is -2.31. The Labute approximate surface area is 113 Å². The average Bonchev–Trinajstić information content (AvgIpc) is 2.49. The Bertz CT molecular complexity index is 594. The maximum atomic E-state index is 4.51. The largest absolute Gasteiger partial charge is 0.385 e. The van der Waals surface area contributed by atoms with Crippen molar-refractivity contribution in [2.45, 2.75) is 18.8 Å². The van der Waals surface area contributed by atoms with Crippen molar-refractivity contribution in [2.75, 3.05) is 23.3 Å². The van der Waals surface area contributed by atoms with Crippen LogP contribution in [0.15, 0.2) is 42.6 Å². The minimum atomic E-state index is 0.715. The summed E-state index contributed by atoms with van der Waals surface area (Å²) >= 11 is 0. The van der Waals surface area contributed by atoms with Crippen LogP contribution in [0, 0.1) is 0 Å². The van der Waals surface area contributed by atoms with Crippen molar-refractivity contribution < 1.29 is 0 Å². The maximum absolute atomic E-state index is 4.51. The molecule has 1 aromatic heterocycles. The SMILES string of the molecule is c1ccc(N2CCC3CCNc4cccc2c43)nc1. The molecule has 1 aromatic carbocycles. The summed E-state index contributed by atoms with van der Waals surface area (Å²) in [6.07, 6.45) is 4.34. The van der Waals surface area contributed by atoms with Crippen LogP contribution in [0.5, 0.6) is 0 Å². The van der Waals surface area contributed by atoms with Crippen LogP contribution < -0.4 is 10.2 Å². The minimum Gasteiger partial charge on any atom is -0.385 e. The van der Waals surface area contributed by atoms with Crippen LogP contribution in [0.2, 0.25) is 0 Å². The zero-order valence-electron chi connectivity index (χ0n) is 10.8. The summed E-state index contributed by atoms with van der Waals surface area (Å²) in [6, 6.07) is 12.7. The van der Waals surface area contributed by atoms with Crippen molar-refractivity contribution >= 4 is 17.2 Å². The van der Waals surface area contributed by atoms with E-state index in [2.05, 4.69) is 45.5 Å². The Morgan fingerprint density at radius 2 is 2.11 bits per heavy atom. The van der Waals surface area contributed by atoms with E-state index in [1.807, 2.05) is 12.3 Å². The van der Waals surface area contributed by atoms with E-state index in [4.69, 9.17) is 0 Å². The van der Waals surface area contributed by atoms with E-state index in [-0.39, 0.29) is 0 Å². The van der Waals surface area contributed by atoms with Crippen molar-refractivity contribution in [3.05, 3.63) is 48.2 Å². The van der Waals surface area contributed by atoms with Gasteiger partial charge < -0.3 is 10.2 Å². The van der Waals surface area contributed by atoms with Crippen molar-refractivity contribution in [1.29, 1.82) is 0 Å². The number of nitrogens with one attached hydrogen (secondary N) is 1. The van der Waals surface area contributed by atoms with E-state index in [9.17, 15) is 0 Å². The Hall–Kier alpha value is -2.03. The fraction of sp³-hybridized carbons (Fsp3) is 0.312. The molecule has 1 unspecified atom stereocenters. The summed E-state index contributed by atoms with van der Waals surface area (Å²) in [7, 11) is 0. The molecule has 2 aromatic rings. The number of hydrogen-bond acceptors (Lipinski definition) is 3. The lowest BCUT2D eigenvalue weighted by Gasteiger charge is -2.38. The summed E-state index contributed by atoms with van der Waals surface area (Å²) in [5.41, 5.74) is 4.14. The van der Waals surface area contributed by atoms with Gasteiger partial charge in [-0.2, -0.15) is 0 Å². The monoisotopic (exact) mass is 251 g/mol. The normalized spacial score (nSPS) is 20.6. The minimum absolute atomic E-state index is 0.715. The van der Waals surface area contributed by atoms with Gasteiger partial charge >= 0.3 is 0 Å². The van der Waals surface area contributed by atoms with Crippen molar-refractivity contribution in [3.63, 3.8) is 0 Å². The molecule has 0 radical (unpaired) electrons. The molecule has 3 heteroatoms. The van der Waals surface area contributed by atoms with Crippen LogP contribution in [0.25, 0.3) is 0 Å². The zero-order chi connectivity index (χ0) is 12.7. The van der Waals surface area contributed by atoms with Gasteiger partial charge in [-0.3, -0.25) is 0 Å². The van der Waals surface area contributed by atoms with Crippen LogP contribution in [0.3, 0.4) is 0 Å². The highest BCUT2D eigenvalue weighted by atomic mass is 15.2. The third-order valence-corrected chi connectivity index (χ3v) is 4.22. The molecule has 0 saturated heterocycles. The van der Waals surface area contributed by atoms with E-state index < -0.39 is 0 Å². The maximum Gasteiger partial charge on any atom is 0.132 e. The van der Waals surface area contributed by atoms with Gasteiger partial charge in [0.05, 0.1) is 0 Å². The first-order chi connectivity index (χ1) is 9.43. The Morgan fingerprint density at radius 1 is 1.11 bits per heavy atom. The van der Waals surface area contributed by atoms with Gasteiger partial charge in [0.15, 0.2) is 0 Å². The van der Waals surface area contributed by atoms with Gasteiger partial charge in [-0.15, -0.1) is 0 Å². The number of nitrogens with zero attached hydrogens (tertiary/aromatic N) is 2. The number of pyridine rings is 1. The molecule has 2 aliphatic heterocycles. The Balaban J connectivity index is 1.85. The zero-order valence-corrected chi connectivity index (χ0v) is 10.8. The molecule has 0 fully saturated rings. The molecule has 3 heterocycles. The second kappa shape index (κ2) is 4.26. The Kier molecular flexibility index (Phi) is 2.44. The summed E-state index contributed by atoms with van der Waals surface area (Å²) < 4.78 is 0. The lowest BCUT2D eigenvalue weighted by atomic mass is 9.84. The number of rotatable bonds is 1. The van der Waals surface area contributed by atoms with E-state index in [0.29, 0.717) is 5.92 Å². The molecule has 0 amide bonds. The molecule has 1 N–H and O–H groups in total. The fourth-order valence-corrected chi connectivity index (χ4v) is 3.34. The second-order valence-corrected chi connectivity index (χ2v) is 5.28. The van der Waals surface area contributed by atoms with Gasteiger partial charge in [-0.1, -0.05) is 12.1 Å². The van der Waals surface area contributed by atoms with Crippen molar-refractivity contribution in [3.8, 4) is 0 Å². The van der Waals surface area contributed by atoms with Gasteiger partial charge in [0.1, 0.15) is 5.82 Å². The molecule has 19 heavy (non-hydrogen) atoms. The molecular formula is C16H17N3. The van der Waals surface area contributed by atoms with Crippen LogP contribution in [-0.2, 0) is 0 Å². The second-order valence-electron chi connectivity index (χ2n) is 5.28. The summed E-state index contributed by atoms with van der Waals surface area (Å²) in [5, 5.41) is 3.53. The number of anilines is 3. The van der Waals surface area contributed by atoms with Crippen LogP contribution in [-0.4, -0.2) is 18.1 Å². The summed E-state index contributed by atoms with van der Waals surface area (Å²) in [5.74, 6) is 1.77. The third-order valence-electron chi connectivity index (χ3n) is 4.22. The van der Waals surface area contributed by atoms with Crippen LogP contribution in [0.4, 0.5) is 17.2 Å². The molecule has 96 valence electrons. The molecule has 0 aliphatic carbocycles. The van der Waals surface area contributed by atoms with E-state index in [0.717, 1.165) is 18.9 Å². The van der Waals surface area contributed by atoms with Crippen LogP contribution in [0.1, 0.15) is 24.3 Å². The van der Waals surface area contributed by atoms with Crippen molar-refractivity contribution in [2.24, 2.45) is 0 Å². The quantitative estimate of drug-likeness (QED) is 0.840. The van der Waals surface area contributed by atoms with Gasteiger partial charge in [-0.05, 0) is 43.0 Å². The standard InChI is InChI=1S/C16H17N3/c1-2-9-18-15(6-1)19-11-8-12-7-10-17-13-4-3-5-14(19)16(12)13/h1-6,9,12,17H,7-8,10-11H2. The summed E-state index contributed by atoms with van der Waals surface area (Å²) in [4.78, 5) is 6.85. The first kappa shape index (κ1) is 10.9. The molecule has 1 atom stereocenters. The fourth-order valence-electron chi connectivity index (χ4n) is 3.34. The smallest absolute Gasteiger partial charge is 0.132 e. The number of hydrogen-bond donors (Lipinski definition) is 1.